The van der Waals surface area contributed by atoms with Gasteiger partial charge in [-0.1, -0.05) is 68.7 Å². The van der Waals surface area contributed by atoms with Crippen LogP contribution in [0.5, 0.6) is 34.5 Å². The number of aliphatic hydroxyl groups excluding tert-OH is 5. The topological polar surface area (TPSA) is 229 Å². The summed E-state index contributed by atoms with van der Waals surface area (Å²) >= 11 is 0. The maximum atomic E-state index is 14.3. The first-order valence-electron chi connectivity index (χ1n) is 30.4. The normalized spacial score (nSPS) is 31.7. The summed E-state index contributed by atoms with van der Waals surface area (Å²) in [5.74, 6) is -0.501. The summed E-state index contributed by atoms with van der Waals surface area (Å²) in [6.45, 7) is 2.65. The van der Waals surface area contributed by atoms with Crippen molar-refractivity contribution in [2.24, 2.45) is 53.3 Å². The third-order valence-corrected chi connectivity index (χ3v) is 22.2. The van der Waals surface area contributed by atoms with Gasteiger partial charge in [0.1, 0.15) is 24.0 Å². The fraction of sp³-hybridized carbons (Fsp3) is 0.522. The van der Waals surface area contributed by atoms with Gasteiger partial charge < -0.3 is 59.6 Å². The molecule has 16 nitrogen and oxygen atoms in total. The van der Waals surface area contributed by atoms with Crippen molar-refractivity contribution in [3.63, 3.8) is 0 Å². The number of fused-ring (bicyclic) bond motifs is 7. The number of carbonyl (C=O) groups is 2. The van der Waals surface area contributed by atoms with E-state index < -0.39 is 35.1 Å². The van der Waals surface area contributed by atoms with Crippen molar-refractivity contribution >= 4 is 23.6 Å². The van der Waals surface area contributed by atoms with E-state index in [1.165, 1.54) is 30.4 Å². The number of rotatable bonds is 17. The number of aromatic hydroxyl groups is 1. The highest BCUT2D eigenvalue weighted by Gasteiger charge is 2.71. The molecule has 14 atom stereocenters. The molecule has 83 heavy (non-hydrogen) atoms. The Bertz CT molecular complexity index is 3350. The van der Waals surface area contributed by atoms with Crippen LogP contribution in [0.3, 0.4) is 0 Å². The van der Waals surface area contributed by atoms with Gasteiger partial charge in [0.15, 0.2) is 17.7 Å². The summed E-state index contributed by atoms with van der Waals surface area (Å²) in [6, 6.07) is 13.7. The molecule has 0 radical (unpaired) electrons. The van der Waals surface area contributed by atoms with Crippen LogP contribution in [0.25, 0.3) is 17.2 Å². The number of carbonyl (C=O) groups excluding carboxylic acids is 2. The fourth-order valence-corrected chi connectivity index (χ4v) is 19.1. The molecule has 3 aliphatic heterocycles. The molecular weight excluding hydrogens is 1050 g/mol. The molecule has 3 saturated carbocycles. The number of hydrogen-bond donors (Lipinski definition) is 8. The van der Waals surface area contributed by atoms with Crippen LogP contribution in [0.4, 0.5) is 5.69 Å². The zero-order valence-electron chi connectivity index (χ0n) is 47.5. The van der Waals surface area contributed by atoms with E-state index in [1.807, 2.05) is 19.1 Å². The Morgan fingerprint density at radius 2 is 1.61 bits per heavy atom. The number of aliphatic hydroxyl groups is 5. The second-order valence-electron chi connectivity index (χ2n) is 25.3. The van der Waals surface area contributed by atoms with Crippen LogP contribution in [0.15, 0.2) is 72.8 Å². The largest absolute Gasteiger partial charge is 0.502 e. The van der Waals surface area contributed by atoms with E-state index >= 15 is 0 Å². The number of phenols is 1. The van der Waals surface area contributed by atoms with Crippen LogP contribution in [0.2, 0.25) is 0 Å². The molecular formula is C67H77N3O13. The number of allylic oxidation sites excluding steroid dienone is 3. The van der Waals surface area contributed by atoms with Crippen LogP contribution in [-0.4, -0.2) is 113 Å². The first kappa shape index (κ1) is 54.5. The molecule has 2 amide bonds. The minimum absolute atomic E-state index is 0.00319. The Hall–Kier alpha value is -6.40. The third kappa shape index (κ3) is 7.91. The Balaban J connectivity index is 0.866. The van der Waals surface area contributed by atoms with E-state index in [0.717, 1.165) is 59.9 Å². The molecule has 14 rings (SSSR count). The third-order valence-electron chi connectivity index (χ3n) is 22.2. The monoisotopic (exact) mass is 1130 g/mol. The maximum Gasteiger partial charge on any atom is 0.254 e. The quantitative estimate of drug-likeness (QED) is 0.0216. The molecule has 4 aromatic rings. The van der Waals surface area contributed by atoms with Gasteiger partial charge in [-0.15, -0.1) is 0 Å². The van der Waals surface area contributed by atoms with E-state index in [1.54, 1.807) is 24.1 Å². The van der Waals surface area contributed by atoms with Gasteiger partial charge >= 0.3 is 0 Å². The average Bonchev–Trinajstić information content (AvgIpc) is 0.796. The lowest BCUT2D eigenvalue weighted by Crippen LogP contribution is -2.70. The fourth-order valence-electron chi connectivity index (χ4n) is 19.1. The molecule has 0 aromatic heterocycles. The number of phenolic OH excluding ortho intramolecular Hbond substituents is 1. The van der Waals surface area contributed by atoms with Gasteiger partial charge in [-0.25, -0.2) is 0 Å². The standard InChI is InChI=1S/C67H77N3O13/c1-4-68-33-83-52-28-50(79-2)40-14-15-41-58-49(69-65(78)61(52)60(40)58)27-51-59(41)63(76)45(32-82-51)36-23-53(80-3)64(77)54(24-36)81-31-37(29-72)67-46-16-12-35-9-8-10-39(62(35)67)42-25-47(67)43(57-38(42)13-11-34(19-22-71)44(57)30-73)26-48(46)66(20-6-5-7-21-66)70-55(74)17-18-56(70)75/h8-13,16-18,23-24,27-28,34,37-38,42-48,57,63,65,68-69,71-73,76-78H,4-7,14-15,19-22,25-26,29-33H2,1-3H3. The second-order valence-corrected chi connectivity index (χ2v) is 25.3. The molecule has 2 bridgehead atoms. The van der Waals surface area contributed by atoms with Gasteiger partial charge in [-0.2, -0.15) is 0 Å². The molecule has 16 heteroatoms. The zero-order valence-corrected chi connectivity index (χ0v) is 47.5. The van der Waals surface area contributed by atoms with Crippen molar-refractivity contribution in [1.29, 1.82) is 0 Å². The highest BCUT2D eigenvalue weighted by Crippen LogP contribution is 2.74. The number of methoxy groups -OCH3 is 2. The number of imide groups is 1. The highest BCUT2D eigenvalue weighted by atomic mass is 16.5. The smallest absolute Gasteiger partial charge is 0.254 e. The summed E-state index contributed by atoms with van der Waals surface area (Å²) in [5.41, 5.74) is 7.92. The molecule has 438 valence electrons. The Kier molecular flexibility index (Phi) is 13.8. The molecule has 7 aliphatic carbocycles. The minimum Gasteiger partial charge on any atom is -0.502 e. The number of nitrogens with one attached hydrogen (secondary N) is 2. The zero-order chi connectivity index (χ0) is 57.2. The number of amides is 2. The van der Waals surface area contributed by atoms with Crippen LogP contribution < -0.4 is 34.3 Å². The molecule has 10 aliphatic rings. The van der Waals surface area contributed by atoms with Gasteiger partial charge in [0, 0.05) is 82.7 Å². The lowest BCUT2D eigenvalue weighted by Gasteiger charge is -2.71. The number of hydrogen-bond acceptors (Lipinski definition) is 15. The van der Waals surface area contributed by atoms with Crippen LogP contribution in [0, 0.1) is 53.3 Å². The summed E-state index contributed by atoms with van der Waals surface area (Å²) in [4.78, 5) is 30.1. The van der Waals surface area contributed by atoms with E-state index in [9.17, 15) is 40.2 Å². The summed E-state index contributed by atoms with van der Waals surface area (Å²) in [7, 11) is 3.11. The van der Waals surface area contributed by atoms with Gasteiger partial charge in [-0.05, 0) is 145 Å². The average molecular weight is 1130 g/mol. The van der Waals surface area contributed by atoms with Gasteiger partial charge in [-0.3, -0.25) is 19.8 Å². The van der Waals surface area contributed by atoms with Crippen molar-refractivity contribution in [3.8, 4) is 45.6 Å². The Morgan fingerprint density at radius 3 is 2.36 bits per heavy atom. The summed E-state index contributed by atoms with van der Waals surface area (Å²) < 4.78 is 31.7. The molecule has 3 fully saturated rings. The Labute approximate surface area is 484 Å². The van der Waals surface area contributed by atoms with Gasteiger partial charge in [0.25, 0.3) is 11.8 Å². The van der Waals surface area contributed by atoms with Crippen LogP contribution in [0.1, 0.15) is 127 Å². The molecule has 8 N–H and O–H groups in total. The van der Waals surface area contributed by atoms with Crippen molar-refractivity contribution in [2.75, 3.05) is 65.8 Å². The minimum atomic E-state index is -1.08. The van der Waals surface area contributed by atoms with Crippen molar-refractivity contribution in [3.05, 3.63) is 117 Å². The number of benzene rings is 4. The first-order chi connectivity index (χ1) is 40.4. The number of nitrogens with zero attached hydrogens (tertiary/aromatic N) is 1. The van der Waals surface area contributed by atoms with E-state index in [0.29, 0.717) is 78.3 Å². The number of ether oxygens (including phenoxy) is 5. The Morgan fingerprint density at radius 1 is 0.831 bits per heavy atom. The lowest BCUT2D eigenvalue weighted by molar-refractivity contribution is -0.170. The first-order valence-corrected chi connectivity index (χ1v) is 30.4. The molecule has 3 heterocycles. The van der Waals surface area contributed by atoms with Gasteiger partial charge in [0.05, 0.1) is 51.2 Å². The van der Waals surface area contributed by atoms with Gasteiger partial charge in [0.2, 0.25) is 5.75 Å². The van der Waals surface area contributed by atoms with Crippen LogP contribution in [-0.2, 0) is 27.8 Å². The van der Waals surface area contributed by atoms with Crippen molar-refractivity contribution in [1.82, 2.24) is 10.2 Å². The van der Waals surface area contributed by atoms with E-state index in [-0.39, 0.29) is 122 Å². The molecule has 0 spiro atoms. The highest BCUT2D eigenvalue weighted by molar-refractivity contribution is 6.13. The molecule has 4 aromatic carbocycles. The van der Waals surface area contributed by atoms with E-state index in [2.05, 4.69) is 53.1 Å². The maximum absolute atomic E-state index is 14.3. The van der Waals surface area contributed by atoms with E-state index in [4.69, 9.17) is 23.7 Å². The SMILES string of the molecule is CCNCOc1cc(OC)c2c3c1C(O)Nc1cc4c(c(c1-3)CC2)C(O)C(c1cc(OC)c(O)c(OCC(CO)C23c5c6cccc5C5CC2C(CC(C2(N7C(=O)C=CC7=O)CCCCC2)C3C=C6)C2C5C=CC(CCO)C2CO)c1)CO4. The lowest BCUT2D eigenvalue weighted by atomic mass is 9.34. The predicted octanol–water partition coefficient (Wildman–Crippen LogP) is 8.11. The van der Waals surface area contributed by atoms with Crippen molar-refractivity contribution in [2.45, 2.75) is 106 Å². The predicted molar refractivity (Wildman–Crippen MR) is 309 cm³/mol. The van der Waals surface area contributed by atoms with Crippen molar-refractivity contribution < 1.29 is 63.9 Å². The molecule has 14 unspecified atom stereocenters. The second kappa shape index (κ2) is 21.0. The summed E-state index contributed by atoms with van der Waals surface area (Å²) in [6.07, 6.45) is 17.1. The van der Waals surface area contributed by atoms with Crippen LogP contribution >= 0.6 is 0 Å². The summed E-state index contributed by atoms with van der Waals surface area (Å²) in [5, 5.41) is 77.6. The molecule has 0 saturated heterocycles. The number of anilines is 1.